The summed E-state index contributed by atoms with van der Waals surface area (Å²) in [7, 11) is 0. The van der Waals surface area contributed by atoms with Crippen LogP contribution in [-0.2, 0) is 6.42 Å². The average Bonchev–Trinajstić information content (AvgIpc) is 2.97. The Hall–Kier alpha value is -2.11. The summed E-state index contributed by atoms with van der Waals surface area (Å²) in [5.74, 6) is -0.366. The van der Waals surface area contributed by atoms with E-state index in [-0.39, 0.29) is 5.82 Å². The third-order valence-electron chi connectivity index (χ3n) is 3.09. The molecular formula is C16H13FN2OS. The predicted molar refractivity (Wildman–Crippen MR) is 80.4 cm³/mol. The molecule has 0 aliphatic rings. The van der Waals surface area contributed by atoms with Gasteiger partial charge >= 0.3 is 0 Å². The fourth-order valence-corrected chi connectivity index (χ4v) is 2.82. The molecule has 1 N–H and O–H groups in total. The second-order valence-corrected chi connectivity index (χ2v) is 5.49. The van der Waals surface area contributed by atoms with E-state index < -0.39 is 6.10 Å². The Morgan fingerprint density at radius 1 is 1.14 bits per heavy atom. The maximum atomic E-state index is 12.9. The first-order valence-corrected chi connectivity index (χ1v) is 7.39. The van der Waals surface area contributed by atoms with Crippen LogP contribution < -0.4 is 0 Å². The molecule has 0 aliphatic carbocycles. The molecule has 1 aromatic carbocycles. The first-order chi connectivity index (χ1) is 10.2. The molecule has 2 aromatic heterocycles. The Labute approximate surface area is 125 Å². The maximum Gasteiger partial charge on any atom is 0.142 e. The molecule has 0 saturated heterocycles. The molecule has 0 radical (unpaired) electrons. The van der Waals surface area contributed by atoms with Crippen LogP contribution in [0.2, 0.25) is 0 Å². The largest absolute Gasteiger partial charge is 0.388 e. The zero-order chi connectivity index (χ0) is 14.7. The summed E-state index contributed by atoms with van der Waals surface area (Å²) < 4.78 is 12.9. The third-order valence-corrected chi connectivity index (χ3v) is 4.00. The lowest BCUT2D eigenvalue weighted by atomic mass is 10.1. The number of nitrogens with zero attached hydrogens (tertiary/aromatic N) is 2. The summed E-state index contributed by atoms with van der Waals surface area (Å²) in [5, 5.41) is 12.8. The first-order valence-electron chi connectivity index (χ1n) is 6.52. The molecule has 3 rings (SSSR count). The highest BCUT2D eigenvalue weighted by Gasteiger charge is 2.12. The van der Waals surface area contributed by atoms with Crippen molar-refractivity contribution in [1.82, 2.24) is 9.97 Å². The normalized spacial score (nSPS) is 12.3. The van der Waals surface area contributed by atoms with Gasteiger partial charge in [-0.2, -0.15) is 0 Å². The van der Waals surface area contributed by atoms with Crippen molar-refractivity contribution in [1.29, 1.82) is 0 Å². The third kappa shape index (κ3) is 3.32. The van der Waals surface area contributed by atoms with Gasteiger partial charge in [0.2, 0.25) is 0 Å². The molecule has 3 nitrogen and oxygen atoms in total. The van der Waals surface area contributed by atoms with Crippen LogP contribution in [0.4, 0.5) is 4.39 Å². The summed E-state index contributed by atoms with van der Waals surface area (Å²) in [6.07, 6.45) is 1.04. The van der Waals surface area contributed by atoms with Gasteiger partial charge in [-0.15, -0.1) is 11.3 Å². The van der Waals surface area contributed by atoms with Gasteiger partial charge in [0.15, 0.2) is 0 Å². The second kappa shape index (κ2) is 6.11. The van der Waals surface area contributed by atoms with Gasteiger partial charge in [-0.3, -0.25) is 4.98 Å². The predicted octanol–water partition coefficient (Wildman–Crippen LogP) is 3.62. The van der Waals surface area contributed by atoms with Crippen molar-refractivity contribution in [2.24, 2.45) is 0 Å². The van der Waals surface area contributed by atoms with E-state index in [0.717, 1.165) is 16.3 Å². The number of aliphatic hydroxyl groups excluding tert-OH is 1. The highest BCUT2D eigenvalue weighted by atomic mass is 32.1. The lowest BCUT2D eigenvalue weighted by Crippen LogP contribution is -2.01. The molecule has 0 fully saturated rings. The SMILES string of the molecule is OC(Cc1csc(-c2ccc(F)cn2)n1)c1ccccc1. The summed E-state index contributed by atoms with van der Waals surface area (Å²) in [5.41, 5.74) is 2.31. The van der Waals surface area contributed by atoms with Crippen molar-refractivity contribution in [2.75, 3.05) is 0 Å². The Morgan fingerprint density at radius 3 is 2.67 bits per heavy atom. The van der Waals surface area contributed by atoms with Gasteiger partial charge in [0.05, 0.1) is 23.7 Å². The van der Waals surface area contributed by atoms with Gasteiger partial charge in [0, 0.05) is 11.8 Å². The zero-order valence-electron chi connectivity index (χ0n) is 11.1. The highest BCUT2D eigenvalue weighted by molar-refractivity contribution is 7.13. The fourth-order valence-electron chi connectivity index (χ4n) is 2.01. The average molecular weight is 300 g/mol. The van der Waals surface area contributed by atoms with Crippen LogP contribution >= 0.6 is 11.3 Å². The van der Waals surface area contributed by atoms with E-state index in [4.69, 9.17) is 0 Å². The lowest BCUT2D eigenvalue weighted by Gasteiger charge is -2.08. The number of aromatic nitrogens is 2. The topological polar surface area (TPSA) is 46.0 Å². The van der Waals surface area contributed by atoms with Crippen LogP contribution in [0.5, 0.6) is 0 Å². The Bertz CT molecular complexity index is 713. The van der Waals surface area contributed by atoms with Gasteiger partial charge in [-0.1, -0.05) is 30.3 Å². The number of hydrogen-bond acceptors (Lipinski definition) is 4. The molecule has 5 heteroatoms. The lowest BCUT2D eigenvalue weighted by molar-refractivity contribution is 0.177. The van der Waals surface area contributed by atoms with Gasteiger partial charge < -0.3 is 5.11 Å². The van der Waals surface area contributed by atoms with E-state index >= 15 is 0 Å². The van der Waals surface area contributed by atoms with Crippen molar-refractivity contribution in [2.45, 2.75) is 12.5 Å². The van der Waals surface area contributed by atoms with Crippen LogP contribution in [0.1, 0.15) is 17.4 Å². The van der Waals surface area contributed by atoms with E-state index in [2.05, 4.69) is 9.97 Å². The number of benzene rings is 1. The number of thiazole rings is 1. The number of halogens is 1. The zero-order valence-corrected chi connectivity index (χ0v) is 11.9. The molecule has 1 unspecified atom stereocenters. The van der Waals surface area contributed by atoms with Gasteiger partial charge in [0.25, 0.3) is 0 Å². The van der Waals surface area contributed by atoms with Crippen LogP contribution in [-0.4, -0.2) is 15.1 Å². The Balaban J connectivity index is 1.75. The minimum absolute atomic E-state index is 0.366. The van der Waals surface area contributed by atoms with Crippen molar-refractivity contribution in [3.8, 4) is 10.7 Å². The number of aliphatic hydroxyl groups is 1. The molecule has 106 valence electrons. The van der Waals surface area contributed by atoms with Crippen molar-refractivity contribution < 1.29 is 9.50 Å². The monoisotopic (exact) mass is 300 g/mol. The van der Waals surface area contributed by atoms with Crippen molar-refractivity contribution in [3.05, 3.63) is 71.1 Å². The smallest absolute Gasteiger partial charge is 0.142 e. The summed E-state index contributed by atoms with van der Waals surface area (Å²) in [6.45, 7) is 0. The molecule has 21 heavy (non-hydrogen) atoms. The molecule has 0 aliphatic heterocycles. The molecule has 1 atom stereocenters. The molecule has 3 aromatic rings. The van der Waals surface area contributed by atoms with Crippen LogP contribution in [0.25, 0.3) is 10.7 Å². The van der Waals surface area contributed by atoms with Crippen molar-refractivity contribution in [3.63, 3.8) is 0 Å². The van der Waals surface area contributed by atoms with Crippen LogP contribution in [0.3, 0.4) is 0 Å². The van der Waals surface area contributed by atoms with Gasteiger partial charge in [-0.25, -0.2) is 9.37 Å². The number of hydrogen-bond donors (Lipinski definition) is 1. The van der Waals surface area contributed by atoms with E-state index in [1.807, 2.05) is 35.7 Å². The van der Waals surface area contributed by atoms with Crippen LogP contribution in [0.15, 0.2) is 54.0 Å². The minimum Gasteiger partial charge on any atom is -0.388 e. The molecule has 0 amide bonds. The summed E-state index contributed by atoms with van der Waals surface area (Å²) in [4.78, 5) is 8.46. The highest BCUT2D eigenvalue weighted by Crippen LogP contribution is 2.25. The number of rotatable bonds is 4. The summed E-state index contributed by atoms with van der Waals surface area (Å²) in [6, 6.07) is 12.4. The quantitative estimate of drug-likeness (QED) is 0.800. The van der Waals surface area contributed by atoms with E-state index in [0.29, 0.717) is 12.1 Å². The minimum atomic E-state index is -0.581. The number of pyridine rings is 1. The van der Waals surface area contributed by atoms with Gasteiger partial charge in [-0.05, 0) is 17.7 Å². The standard InChI is InChI=1S/C16H13FN2OS/c17-12-6-7-14(18-9-12)16-19-13(10-21-16)8-15(20)11-4-2-1-3-5-11/h1-7,9-10,15,20H,8H2. The molecule has 0 spiro atoms. The van der Waals surface area contributed by atoms with E-state index in [1.165, 1.54) is 23.6 Å². The Kier molecular flexibility index (Phi) is 4.03. The Morgan fingerprint density at radius 2 is 1.95 bits per heavy atom. The second-order valence-electron chi connectivity index (χ2n) is 4.64. The van der Waals surface area contributed by atoms with E-state index in [1.54, 1.807) is 6.07 Å². The molecule has 2 heterocycles. The maximum absolute atomic E-state index is 12.9. The summed E-state index contributed by atoms with van der Waals surface area (Å²) >= 11 is 1.44. The van der Waals surface area contributed by atoms with Gasteiger partial charge in [0.1, 0.15) is 10.8 Å². The fraction of sp³-hybridized carbons (Fsp3) is 0.125. The molecule has 0 saturated carbocycles. The first kappa shape index (κ1) is 13.9. The molecular weight excluding hydrogens is 287 g/mol. The molecule has 0 bridgehead atoms. The van der Waals surface area contributed by atoms with Crippen LogP contribution in [0, 0.1) is 5.82 Å². The van der Waals surface area contributed by atoms with E-state index in [9.17, 15) is 9.50 Å². The van der Waals surface area contributed by atoms with Crippen molar-refractivity contribution >= 4 is 11.3 Å².